The minimum absolute atomic E-state index is 0.0404. The summed E-state index contributed by atoms with van der Waals surface area (Å²) >= 11 is 0. The van der Waals surface area contributed by atoms with E-state index >= 15 is 0 Å². The molecule has 1 aromatic rings. The summed E-state index contributed by atoms with van der Waals surface area (Å²) in [5.41, 5.74) is 2.23. The predicted molar refractivity (Wildman–Crippen MR) is 86.6 cm³/mol. The van der Waals surface area contributed by atoms with Gasteiger partial charge in [0.2, 0.25) is 0 Å². The summed E-state index contributed by atoms with van der Waals surface area (Å²) in [6, 6.07) is 6.01. The first-order valence-corrected chi connectivity index (χ1v) is 8.20. The van der Waals surface area contributed by atoms with Gasteiger partial charge in [-0.1, -0.05) is 12.1 Å². The van der Waals surface area contributed by atoms with Crippen molar-refractivity contribution in [2.45, 2.75) is 32.4 Å². The van der Waals surface area contributed by atoms with Crippen LogP contribution in [-0.2, 0) is 14.3 Å². The Balaban J connectivity index is 1.54. The van der Waals surface area contributed by atoms with E-state index in [0.717, 1.165) is 29.9 Å². The van der Waals surface area contributed by atoms with Crippen LogP contribution in [0.2, 0.25) is 0 Å². The Hall–Kier alpha value is -1.59. The van der Waals surface area contributed by atoms with Crippen LogP contribution in [0.25, 0.3) is 0 Å². The van der Waals surface area contributed by atoms with E-state index < -0.39 is 0 Å². The molecule has 1 heterocycles. The minimum Gasteiger partial charge on any atom is -0.483 e. The van der Waals surface area contributed by atoms with Crippen molar-refractivity contribution in [3.63, 3.8) is 0 Å². The van der Waals surface area contributed by atoms with Gasteiger partial charge in [-0.15, -0.1) is 0 Å². The molecule has 0 radical (unpaired) electrons. The molecular weight excluding hydrogens is 294 g/mol. The van der Waals surface area contributed by atoms with E-state index in [-0.39, 0.29) is 30.6 Å². The van der Waals surface area contributed by atoms with Crippen molar-refractivity contribution in [2.75, 3.05) is 26.9 Å². The van der Waals surface area contributed by atoms with Crippen LogP contribution >= 0.6 is 0 Å². The lowest BCUT2D eigenvalue weighted by Gasteiger charge is -2.47. The molecule has 1 aliphatic carbocycles. The standard InChI is InChI=1S/C18H25NO4/c1-11-5-4-6-15(12(11)2)23-10-16(20)19-17-13-7-8-22-18(13)14(17)9-21-3/h4-6,13-14,17-18H,7-10H2,1-3H3,(H,19,20)/t13-,14-,17-,18-/m0/s1. The van der Waals surface area contributed by atoms with Gasteiger partial charge in [0.15, 0.2) is 6.61 Å². The fraction of sp³-hybridized carbons (Fsp3) is 0.611. The molecule has 0 bridgehead atoms. The highest BCUT2D eigenvalue weighted by Crippen LogP contribution is 2.43. The van der Waals surface area contributed by atoms with Gasteiger partial charge < -0.3 is 19.5 Å². The highest BCUT2D eigenvalue weighted by Gasteiger charge is 2.54. The normalized spacial score (nSPS) is 28.8. The summed E-state index contributed by atoms with van der Waals surface area (Å²) < 4.78 is 16.7. The van der Waals surface area contributed by atoms with Crippen LogP contribution in [0.5, 0.6) is 5.75 Å². The molecular formula is C18H25NO4. The van der Waals surface area contributed by atoms with E-state index in [2.05, 4.69) is 5.32 Å². The minimum atomic E-state index is -0.0811. The van der Waals surface area contributed by atoms with Crippen LogP contribution in [-0.4, -0.2) is 45.0 Å². The zero-order valence-electron chi connectivity index (χ0n) is 14.0. The second kappa shape index (κ2) is 6.89. The van der Waals surface area contributed by atoms with Crippen LogP contribution in [0.1, 0.15) is 17.5 Å². The molecule has 0 unspecified atom stereocenters. The summed E-state index contributed by atoms with van der Waals surface area (Å²) in [7, 11) is 1.69. The molecule has 4 atom stereocenters. The first-order valence-electron chi connectivity index (χ1n) is 8.20. The number of benzene rings is 1. The number of carbonyl (C=O) groups is 1. The summed E-state index contributed by atoms with van der Waals surface area (Å²) in [6.45, 7) is 5.47. The lowest BCUT2D eigenvalue weighted by Crippen LogP contribution is -2.63. The summed E-state index contributed by atoms with van der Waals surface area (Å²) in [6.07, 6.45) is 1.24. The second-order valence-electron chi connectivity index (χ2n) is 6.49. The van der Waals surface area contributed by atoms with Gasteiger partial charge in [0.1, 0.15) is 5.75 Å². The van der Waals surface area contributed by atoms with Gasteiger partial charge in [-0.25, -0.2) is 0 Å². The fourth-order valence-corrected chi connectivity index (χ4v) is 3.69. The summed E-state index contributed by atoms with van der Waals surface area (Å²) in [5, 5.41) is 3.10. The molecule has 1 saturated carbocycles. The number of aryl methyl sites for hydroxylation is 1. The van der Waals surface area contributed by atoms with Crippen molar-refractivity contribution >= 4 is 5.91 Å². The summed E-state index contributed by atoms with van der Waals surface area (Å²) in [4.78, 5) is 12.2. The molecule has 1 aliphatic heterocycles. The topological polar surface area (TPSA) is 56.8 Å². The van der Waals surface area contributed by atoms with Crippen molar-refractivity contribution in [2.24, 2.45) is 11.8 Å². The Kier molecular flexibility index (Phi) is 4.87. The first-order chi connectivity index (χ1) is 11.1. The van der Waals surface area contributed by atoms with Crippen molar-refractivity contribution in [1.82, 2.24) is 5.32 Å². The number of carbonyl (C=O) groups excluding carboxylic acids is 1. The highest BCUT2D eigenvalue weighted by atomic mass is 16.5. The third kappa shape index (κ3) is 3.21. The van der Waals surface area contributed by atoms with Crippen molar-refractivity contribution < 1.29 is 19.0 Å². The van der Waals surface area contributed by atoms with Crippen LogP contribution in [0.4, 0.5) is 0 Å². The Labute approximate surface area is 137 Å². The molecule has 0 spiro atoms. The third-order valence-electron chi connectivity index (χ3n) is 5.13. The van der Waals surface area contributed by atoms with Crippen molar-refractivity contribution in [3.05, 3.63) is 29.3 Å². The number of amides is 1. The largest absolute Gasteiger partial charge is 0.483 e. The maximum absolute atomic E-state index is 12.2. The SMILES string of the molecule is COC[C@H]1[C@@H](NC(=O)COc2cccc(C)c2C)[C@@H]2CCO[C@@H]21. The van der Waals surface area contributed by atoms with E-state index in [0.29, 0.717) is 12.5 Å². The Morgan fingerprint density at radius 2 is 2.22 bits per heavy atom. The van der Waals surface area contributed by atoms with Crippen LogP contribution in [0.3, 0.4) is 0 Å². The number of fused-ring (bicyclic) bond motifs is 1. The van der Waals surface area contributed by atoms with E-state index in [4.69, 9.17) is 14.2 Å². The first kappa shape index (κ1) is 16.3. The number of ether oxygens (including phenoxy) is 3. The lowest BCUT2D eigenvalue weighted by atomic mass is 9.67. The fourth-order valence-electron chi connectivity index (χ4n) is 3.69. The highest BCUT2D eigenvalue weighted by molar-refractivity contribution is 5.78. The molecule has 2 fully saturated rings. The van der Waals surface area contributed by atoms with Crippen LogP contribution in [0.15, 0.2) is 18.2 Å². The second-order valence-corrected chi connectivity index (χ2v) is 6.49. The quantitative estimate of drug-likeness (QED) is 0.869. The molecule has 0 aromatic heterocycles. The monoisotopic (exact) mass is 319 g/mol. The number of nitrogens with one attached hydrogen (secondary N) is 1. The molecule has 5 heteroatoms. The number of rotatable bonds is 6. The smallest absolute Gasteiger partial charge is 0.258 e. The lowest BCUT2D eigenvalue weighted by molar-refractivity contribution is -0.131. The third-order valence-corrected chi connectivity index (χ3v) is 5.13. The number of methoxy groups -OCH3 is 1. The van der Waals surface area contributed by atoms with Crippen molar-refractivity contribution in [1.29, 1.82) is 0 Å². The van der Waals surface area contributed by atoms with E-state index in [9.17, 15) is 4.79 Å². The van der Waals surface area contributed by atoms with Gasteiger partial charge >= 0.3 is 0 Å². The Bertz CT molecular complexity index is 574. The maximum atomic E-state index is 12.2. The maximum Gasteiger partial charge on any atom is 0.258 e. The molecule has 5 nitrogen and oxygen atoms in total. The molecule has 1 N–H and O–H groups in total. The average Bonchev–Trinajstić information content (AvgIpc) is 2.96. The van der Waals surface area contributed by atoms with Gasteiger partial charge in [0, 0.05) is 31.6 Å². The predicted octanol–water partition coefficient (Wildman–Crippen LogP) is 1.85. The summed E-state index contributed by atoms with van der Waals surface area (Å²) in [5.74, 6) is 1.35. The Morgan fingerprint density at radius 3 is 3.00 bits per heavy atom. The van der Waals surface area contributed by atoms with Crippen molar-refractivity contribution in [3.8, 4) is 5.75 Å². The average molecular weight is 319 g/mol. The molecule has 1 aromatic carbocycles. The molecule has 23 heavy (non-hydrogen) atoms. The van der Waals surface area contributed by atoms with Gasteiger partial charge in [-0.05, 0) is 37.5 Å². The van der Waals surface area contributed by atoms with Gasteiger partial charge in [0.25, 0.3) is 5.91 Å². The number of hydrogen-bond acceptors (Lipinski definition) is 4. The molecule has 3 rings (SSSR count). The van der Waals surface area contributed by atoms with E-state index in [1.54, 1.807) is 7.11 Å². The zero-order valence-corrected chi connectivity index (χ0v) is 14.0. The molecule has 1 saturated heterocycles. The van der Waals surface area contributed by atoms with Crippen LogP contribution < -0.4 is 10.1 Å². The van der Waals surface area contributed by atoms with E-state index in [1.807, 2.05) is 32.0 Å². The van der Waals surface area contributed by atoms with Crippen LogP contribution in [0, 0.1) is 25.7 Å². The number of hydrogen-bond donors (Lipinski definition) is 1. The molecule has 126 valence electrons. The van der Waals surface area contributed by atoms with Gasteiger partial charge in [-0.3, -0.25) is 4.79 Å². The van der Waals surface area contributed by atoms with Gasteiger partial charge in [0.05, 0.1) is 12.7 Å². The molecule has 2 aliphatic rings. The van der Waals surface area contributed by atoms with Gasteiger partial charge in [-0.2, -0.15) is 0 Å². The molecule has 1 amide bonds. The Morgan fingerprint density at radius 1 is 1.39 bits per heavy atom. The van der Waals surface area contributed by atoms with E-state index in [1.165, 1.54) is 0 Å². The zero-order chi connectivity index (χ0) is 16.4.